The largest absolute Gasteiger partial charge is 0.368 e. The Bertz CT molecular complexity index is 386. The molecule has 5 nitrogen and oxygen atoms in total. The average molecular weight is 221 g/mol. The van der Waals surface area contributed by atoms with Gasteiger partial charge in [0.15, 0.2) is 5.82 Å². The van der Waals surface area contributed by atoms with Gasteiger partial charge >= 0.3 is 0 Å². The van der Waals surface area contributed by atoms with Crippen molar-refractivity contribution < 1.29 is 0 Å². The molecule has 16 heavy (non-hydrogen) atoms. The lowest BCUT2D eigenvalue weighted by atomic mass is 10.1. The Morgan fingerprint density at radius 3 is 2.56 bits per heavy atom. The summed E-state index contributed by atoms with van der Waals surface area (Å²) in [5, 5.41) is 0. The van der Waals surface area contributed by atoms with Gasteiger partial charge in [-0.25, -0.2) is 4.98 Å². The summed E-state index contributed by atoms with van der Waals surface area (Å²) in [6.45, 7) is 4.33. The van der Waals surface area contributed by atoms with Crippen LogP contribution >= 0.6 is 0 Å². The minimum atomic E-state index is -0.332. The fraction of sp³-hybridized carbons (Fsp3) is 0.727. The second-order valence-corrected chi connectivity index (χ2v) is 4.81. The van der Waals surface area contributed by atoms with E-state index < -0.39 is 0 Å². The lowest BCUT2D eigenvalue weighted by Crippen LogP contribution is -2.24. The smallest absolute Gasteiger partial charge is 0.223 e. The molecule has 1 saturated carbocycles. The Labute approximate surface area is 95.7 Å². The standard InChI is InChI=1S/C11H19N5/c1-3-7(2)6-8-14-9(11(13)4-5-11)16-10(12)15-8/h7H,3-6,13H2,1-2H3,(H2,12,14,15,16). The Kier molecular flexibility index (Phi) is 2.80. The summed E-state index contributed by atoms with van der Waals surface area (Å²) in [6, 6.07) is 0. The molecule has 1 unspecified atom stereocenters. The molecule has 4 N–H and O–H groups in total. The van der Waals surface area contributed by atoms with E-state index in [2.05, 4.69) is 28.8 Å². The lowest BCUT2D eigenvalue weighted by Gasteiger charge is -2.11. The van der Waals surface area contributed by atoms with Gasteiger partial charge in [0.25, 0.3) is 0 Å². The molecule has 0 radical (unpaired) electrons. The normalized spacial score (nSPS) is 19.4. The SMILES string of the molecule is CCC(C)Cc1nc(N)nc(C2(N)CC2)n1. The quantitative estimate of drug-likeness (QED) is 0.791. The van der Waals surface area contributed by atoms with E-state index >= 15 is 0 Å². The van der Waals surface area contributed by atoms with E-state index in [1.165, 1.54) is 0 Å². The minimum absolute atomic E-state index is 0.292. The Morgan fingerprint density at radius 2 is 2.00 bits per heavy atom. The molecule has 2 rings (SSSR count). The van der Waals surface area contributed by atoms with Gasteiger partial charge in [-0.3, -0.25) is 0 Å². The molecule has 1 fully saturated rings. The molecule has 0 spiro atoms. The minimum Gasteiger partial charge on any atom is -0.368 e. The highest BCUT2D eigenvalue weighted by Gasteiger charge is 2.43. The molecular formula is C11H19N5. The number of hydrogen-bond acceptors (Lipinski definition) is 5. The van der Waals surface area contributed by atoms with E-state index in [4.69, 9.17) is 11.5 Å². The van der Waals surface area contributed by atoms with Gasteiger partial charge in [-0.1, -0.05) is 20.3 Å². The number of hydrogen-bond donors (Lipinski definition) is 2. The fourth-order valence-electron chi connectivity index (χ4n) is 1.57. The number of nitrogens with two attached hydrogens (primary N) is 2. The molecule has 0 bridgehead atoms. The highest BCUT2D eigenvalue weighted by atomic mass is 15.1. The van der Waals surface area contributed by atoms with Crippen LogP contribution in [0.4, 0.5) is 5.95 Å². The van der Waals surface area contributed by atoms with Crippen molar-refractivity contribution >= 4 is 5.95 Å². The first-order valence-electron chi connectivity index (χ1n) is 5.83. The van der Waals surface area contributed by atoms with Gasteiger partial charge in [0.1, 0.15) is 5.82 Å². The third kappa shape index (κ3) is 2.29. The number of aromatic nitrogens is 3. The predicted octanol–water partition coefficient (Wildman–Crippen LogP) is 0.990. The summed E-state index contributed by atoms with van der Waals surface area (Å²) in [6.07, 6.45) is 3.83. The Morgan fingerprint density at radius 1 is 1.31 bits per heavy atom. The number of nitrogen functional groups attached to an aromatic ring is 1. The van der Waals surface area contributed by atoms with Crippen molar-refractivity contribution in [3.63, 3.8) is 0 Å². The zero-order chi connectivity index (χ0) is 11.8. The van der Waals surface area contributed by atoms with Gasteiger partial charge in [0.05, 0.1) is 5.54 Å². The first-order chi connectivity index (χ1) is 7.53. The molecule has 1 atom stereocenters. The van der Waals surface area contributed by atoms with Crippen molar-refractivity contribution in [3.05, 3.63) is 11.6 Å². The van der Waals surface area contributed by atoms with Crippen LogP contribution in [-0.4, -0.2) is 15.0 Å². The molecule has 0 aliphatic heterocycles. The van der Waals surface area contributed by atoms with Crippen molar-refractivity contribution in [2.24, 2.45) is 11.7 Å². The van der Waals surface area contributed by atoms with Crippen LogP contribution < -0.4 is 11.5 Å². The fourth-order valence-corrected chi connectivity index (χ4v) is 1.57. The monoisotopic (exact) mass is 221 g/mol. The van der Waals surface area contributed by atoms with Crippen LogP contribution in [0.15, 0.2) is 0 Å². The van der Waals surface area contributed by atoms with Crippen molar-refractivity contribution in [2.45, 2.75) is 45.1 Å². The van der Waals surface area contributed by atoms with Gasteiger partial charge in [0, 0.05) is 6.42 Å². The molecular weight excluding hydrogens is 202 g/mol. The summed E-state index contributed by atoms with van der Waals surface area (Å²) < 4.78 is 0. The molecule has 0 amide bonds. The molecule has 1 heterocycles. The van der Waals surface area contributed by atoms with E-state index in [1.54, 1.807) is 0 Å². The van der Waals surface area contributed by atoms with Crippen LogP contribution in [0.5, 0.6) is 0 Å². The lowest BCUT2D eigenvalue weighted by molar-refractivity contribution is 0.535. The second kappa shape index (κ2) is 3.97. The van der Waals surface area contributed by atoms with Crippen LogP contribution in [0.3, 0.4) is 0 Å². The maximum atomic E-state index is 6.06. The third-order valence-electron chi connectivity index (χ3n) is 3.16. The van der Waals surface area contributed by atoms with Gasteiger partial charge < -0.3 is 11.5 Å². The second-order valence-electron chi connectivity index (χ2n) is 4.81. The number of rotatable bonds is 4. The Balaban J connectivity index is 2.22. The highest BCUT2D eigenvalue weighted by Crippen LogP contribution is 2.40. The van der Waals surface area contributed by atoms with Crippen LogP contribution in [0, 0.1) is 5.92 Å². The molecule has 0 saturated heterocycles. The summed E-state index contributed by atoms with van der Waals surface area (Å²) >= 11 is 0. The van der Waals surface area contributed by atoms with Crippen molar-refractivity contribution in [1.29, 1.82) is 0 Å². The average Bonchev–Trinajstić information content (AvgIpc) is 2.97. The maximum Gasteiger partial charge on any atom is 0.223 e. The van der Waals surface area contributed by atoms with Gasteiger partial charge in [0.2, 0.25) is 5.95 Å². The van der Waals surface area contributed by atoms with E-state index in [0.29, 0.717) is 17.7 Å². The molecule has 1 aliphatic rings. The molecule has 1 aromatic heterocycles. The summed E-state index contributed by atoms with van der Waals surface area (Å²) in [7, 11) is 0. The molecule has 5 heteroatoms. The van der Waals surface area contributed by atoms with Crippen molar-refractivity contribution in [1.82, 2.24) is 15.0 Å². The summed E-state index contributed by atoms with van der Waals surface area (Å²) in [4.78, 5) is 12.7. The number of anilines is 1. The zero-order valence-corrected chi connectivity index (χ0v) is 9.90. The molecule has 1 aromatic rings. The van der Waals surface area contributed by atoms with Gasteiger partial charge in [-0.05, 0) is 18.8 Å². The van der Waals surface area contributed by atoms with Crippen LogP contribution in [0.2, 0.25) is 0 Å². The predicted molar refractivity (Wildman–Crippen MR) is 62.5 cm³/mol. The van der Waals surface area contributed by atoms with E-state index in [9.17, 15) is 0 Å². The molecule has 0 aromatic carbocycles. The first kappa shape index (κ1) is 11.3. The summed E-state index contributed by atoms with van der Waals surface area (Å²) in [5.41, 5.74) is 11.4. The van der Waals surface area contributed by atoms with Crippen LogP contribution in [-0.2, 0) is 12.0 Å². The van der Waals surface area contributed by atoms with Crippen molar-refractivity contribution in [2.75, 3.05) is 5.73 Å². The van der Waals surface area contributed by atoms with Crippen molar-refractivity contribution in [3.8, 4) is 0 Å². The topological polar surface area (TPSA) is 90.7 Å². The van der Waals surface area contributed by atoms with Crippen LogP contribution in [0.25, 0.3) is 0 Å². The van der Waals surface area contributed by atoms with Gasteiger partial charge in [-0.2, -0.15) is 9.97 Å². The van der Waals surface area contributed by atoms with Crippen LogP contribution in [0.1, 0.15) is 44.8 Å². The zero-order valence-electron chi connectivity index (χ0n) is 9.90. The highest BCUT2D eigenvalue weighted by molar-refractivity contribution is 5.23. The third-order valence-corrected chi connectivity index (χ3v) is 3.16. The molecule has 1 aliphatic carbocycles. The van der Waals surface area contributed by atoms with E-state index in [-0.39, 0.29) is 5.54 Å². The Hall–Kier alpha value is -1.23. The maximum absolute atomic E-state index is 6.06. The summed E-state index contributed by atoms with van der Waals surface area (Å²) in [5.74, 6) is 2.29. The first-order valence-corrected chi connectivity index (χ1v) is 5.83. The molecule has 88 valence electrons. The number of nitrogens with zero attached hydrogens (tertiary/aromatic N) is 3. The van der Waals surface area contributed by atoms with E-state index in [1.807, 2.05) is 0 Å². The van der Waals surface area contributed by atoms with E-state index in [0.717, 1.165) is 31.5 Å². The van der Waals surface area contributed by atoms with Gasteiger partial charge in [-0.15, -0.1) is 0 Å².